The first kappa shape index (κ1) is 15.0. The van der Waals surface area contributed by atoms with Crippen molar-refractivity contribution < 1.29 is 0 Å². The number of hydrogen-bond donors (Lipinski definition) is 0. The Hall–Kier alpha value is 1.02. The van der Waals surface area contributed by atoms with Crippen LogP contribution < -0.4 is 0 Å². The Morgan fingerprint density at radius 2 is 1.57 bits per heavy atom. The summed E-state index contributed by atoms with van der Waals surface area (Å²) in [6.45, 7) is 4.74. The molecule has 1 aromatic rings. The van der Waals surface area contributed by atoms with Crippen molar-refractivity contribution >= 4 is 49.3 Å². The van der Waals surface area contributed by atoms with Crippen LogP contribution >= 0.6 is 0 Å². The van der Waals surface area contributed by atoms with Gasteiger partial charge in [-0.25, -0.2) is 0 Å². The van der Waals surface area contributed by atoms with E-state index in [2.05, 4.69) is 54.1 Å². The average molecular weight is 305 g/mol. The van der Waals surface area contributed by atoms with Gasteiger partial charge in [0.2, 0.25) is 0 Å². The molecule has 0 unspecified atom stereocenters. The first-order chi connectivity index (χ1) is 6.02. The van der Waals surface area contributed by atoms with Gasteiger partial charge < -0.3 is 0 Å². The van der Waals surface area contributed by atoms with Gasteiger partial charge in [-0.2, -0.15) is 0 Å². The first-order valence-corrected chi connectivity index (χ1v) is 12.6. The molecule has 0 nitrogen and oxygen atoms in total. The number of benzene rings is 1. The fourth-order valence-corrected chi connectivity index (χ4v) is 7.50. The monoisotopic (exact) mass is 306 g/mol. The van der Waals surface area contributed by atoms with Gasteiger partial charge in [-0.1, -0.05) is 0 Å². The summed E-state index contributed by atoms with van der Waals surface area (Å²) >= 11 is -0.975. The number of rotatable bonds is 3. The van der Waals surface area contributed by atoms with Gasteiger partial charge in [0, 0.05) is 29.6 Å². The molecule has 0 saturated heterocycles. The Balaban J connectivity index is 0.00000169. The van der Waals surface area contributed by atoms with Gasteiger partial charge in [-0.15, -0.1) is 0 Å². The van der Waals surface area contributed by atoms with Crippen LogP contribution in [0.3, 0.4) is 0 Å². The van der Waals surface area contributed by atoms with E-state index in [1.54, 1.807) is 0 Å². The topological polar surface area (TPSA) is 0 Å². The van der Waals surface area contributed by atoms with Crippen molar-refractivity contribution in [2.45, 2.75) is 33.6 Å². The molecule has 0 bridgehead atoms. The molecular formula is C12H19NaSn. The molecule has 0 amide bonds. The summed E-state index contributed by atoms with van der Waals surface area (Å²) in [6.07, 6.45) is 0. The van der Waals surface area contributed by atoms with Crippen molar-refractivity contribution in [2.75, 3.05) is 0 Å². The minimum Gasteiger partial charge on any atom is 0 e. The summed E-state index contributed by atoms with van der Waals surface area (Å²) in [5, 5.41) is 0. The molecule has 2 heteroatoms. The summed E-state index contributed by atoms with van der Waals surface area (Å²) in [7, 11) is 0. The molecule has 0 N–H and O–H groups in total. The van der Waals surface area contributed by atoms with E-state index in [0.29, 0.717) is 5.41 Å². The zero-order chi connectivity index (χ0) is 9.90. The third kappa shape index (κ3) is 4.69. The molecule has 2 radical (unpaired) electrons. The van der Waals surface area contributed by atoms with E-state index >= 15 is 0 Å². The van der Waals surface area contributed by atoms with Crippen molar-refractivity contribution in [1.29, 1.82) is 0 Å². The maximum atomic E-state index is 2.48. The second-order valence-electron chi connectivity index (χ2n) is 4.63. The summed E-state index contributed by atoms with van der Waals surface area (Å²) in [6, 6.07) is 10.9. The molecule has 0 aliphatic rings. The smallest absolute Gasteiger partial charge is 0 e. The molecule has 72 valence electrons. The molecule has 0 aliphatic carbocycles. The van der Waals surface area contributed by atoms with E-state index in [1.165, 1.54) is 10.0 Å². The third-order valence-corrected chi connectivity index (χ3v) is 6.89. The van der Waals surface area contributed by atoms with Crippen LogP contribution in [0.1, 0.15) is 19.4 Å². The minimum absolute atomic E-state index is 0. The molecule has 1 rings (SSSR count). The van der Waals surface area contributed by atoms with E-state index < -0.39 is 19.8 Å². The zero-order valence-electron chi connectivity index (χ0n) is 10.1. The predicted octanol–water partition coefficient (Wildman–Crippen LogP) is 3.34. The summed E-state index contributed by atoms with van der Waals surface area (Å²) in [4.78, 5) is 4.96. The Labute approximate surface area is 118 Å². The summed E-state index contributed by atoms with van der Waals surface area (Å²) in [5.41, 5.74) is 1.90. The molecule has 0 fully saturated rings. The molecule has 1 aromatic carbocycles. The van der Waals surface area contributed by atoms with Crippen LogP contribution in [0, 0.1) is 0 Å². The molecule has 0 aliphatic heterocycles. The van der Waals surface area contributed by atoms with Crippen molar-refractivity contribution in [3.8, 4) is 0 Å². The summed E-state index contributed by atoms with van der Waals surface area (Å²) < 4.78 is 1.44. The van der Waals surface area contributed by atoms with Gasteiger partial charge in [0.05, 0.1) is 0 Å². The van der Waals surface area contributed by atoms with E-state index in [-0.39, 0.29) is 29.6 Å². The Morgan fingerprint density at radius 3 is 2.00 bits per heavy atom. The van der Waals surface area contributed by atoms with Gasteiger partial charge >= 0.3 is 89.2 Å². The Morgan fingerprint density at radius 1 is 1.07 bits per heavy atom. The standard InChI is InChI=1S/C10H13.2CH3.Na.Sn/c1-10(2,3)9-7-5-4-6-8-9;;;;/h4-8H,1H2,2-3H3;2*1H3;;. The van der Waals surface area contributed by atoms with Crippen LogP contribution in [0.4, 0.5) is 0 Å². The predicted molar refractivity (Wildman–Crippen MR) is 67.5 cm³/mol. The fourth-order valence-electron chi connectivity index (χ4n) is 1.88. The molecule has 0 saturated carbocycles. The SMILES string of the molecule is [CH3][Sn]([CH3])[CH2]C(C)(C)c1ccccc1.[Na]. The van der Waals surface area contributed by atoms with Crippen LogP contribution in [0.15, 0.2) is 30.3 Å². The summed E-state index contributed by atoms with van der Waals surface area (Å²) in [5.74, 6) is 0. The molecule has 0 atom stereocenters. The first-order valence-electron chi connectivity index (χ1n) is 4.87. The van der Waals surface area contributed by atoms with Crippen LogP contribution in [0.25, 0.3) is 0 Å². The second-order valence-corrected chi connectivity index (χ2v) is 12.5. The van der Waals surface area contributed by atoms with Crippen molar-refractivity contribution in [3.63, 3.8) is 0 Å². The van der Waals surface area contributed by atoms with E-state index in [0.717, 1.165) is 0 Å². The van der Waals surface area contributed by atoms with Crippen molar-refractivity contribution in [3.05, 3.63) is 35.9 Å². The molecule has 0 aromatic heterocycles. The quantitative estimate of drug-likeness (QED) is 0.751. The van der Waals surface area contributed by atoms with Crippen molar-refractivity contribution in [2.24, 2.45) is 0 Å². The maximum absolute atomic E-state index is 2.48. The van der Waals surface area contributed by atoms with Gasteiger partial charge in [0.1, 0.15) is 0 Å². The van der Waals surface area contributed by atoms with Crippen LogP contribution in [0.5, 0.6) is 0 Å². The second kappa shape index (κ2) is 6.57. The van der Waals surface area contributed by atoms with Gasteiger partial charge in [-0.05, 0) is 0 Å². The van der Waals surface area contributed by atoms with E-state index in [9.17, 15) is 0 Å². The van der Waals surface area contributed by atoms with E-state index in [4.69, 9.17) is 0 Å². The van der Waals surface area contributed by atoms with Crippen LogP contribution in [-0.4, -0.2) is 49.3 Å². The molecule has 14 heavy (non-hydrogen) atoms. The minimum atomic E-state index is -0.975. The van der Waals surface area contributed by atoms with Crippen LogP contribution in [-0.2, 0) is 5.41 Å². The van der Waals surface area contributed by atoms with E-state index in [1.807, 2.05) is 0 Å². The molecular weight excluding hydrogens is 286 g/mol. The van der Waals surface area contributed by atoms with Gasteiger partial charge in [0.15, 0.2) is 0 Å². The Kier molecular flexibility index (Phi) is 7.05. The fraction of sp³-hybridized carbons (Fsp3) is 0.500. The third-order valence-electron chi connectivity index (χ3n) is 2.35. The maximum Gasteiger partial charge on any atom is 0 e. The Bertz CT molecular complexity index is 254. The van der Waals surface area contributed by atoms with Crippen molar-refractivity contribution in [1.82, 2.24) is 0 Å². The van der Waals surface area contributed by atoms with Crippen LogP contribution in [0.2, 0.25) is 14.3 Å². The number of hydrogen-bond acceptors (Lipinski definition) is 0. The normalized spacial score (nSPS) is 11.2. The average Bonchev–Trinajstić information content (AvgIpc) is 2.04. The largest absolute Gasteiger partial charge is 0 e. The zero-order valence-corrected chi connectivity index (χ0v) is 14.9. The molecule has 0 heterocycles. The van der Waals surface area contributed by atoms with Gasteiger partial charge in [-0.3, -0.25) is 0 Å². The van der Waals surface area contributed by atoms with Gasteiger partial charge in [0.25, 0.3) is 0 Å². The molecule has 0 spiro atoms.